The molecule has 41 heavy (non-hydrogen) atoms. The van der Waals surface area contributed by atoms with E-state index in [-0.39, 0.29) is 27.7 Å². The van der Waals surface area contributed by atoms with Gasteiger partial charge in [-0.2, -0.15) is 4.98 Å². The molecule has 0 aliphatic carbocycles. The smallest absolute Gasteiger partial charge is 0.236 e. The quantitative estimate of drug-likeness (QED) is 0.212. The molecule has 0 N–H and O–H groups in total. The molecule has 1 aliphatic rings. The molecule has 1 fully saturated rings. The topological polar surface area (TPSA) is 66.7 Å². The number of aromatic nitrogens is 1. The van der Waals surface area contributed by atoms with Crippen LogP contribution in [0, 0.1) is 11.6 Å². The lowest BCUT2D eigenvalue weighted by Gasteiger charge is -2.39. The number of nitrogens with zero attached hydrogens (tertiary/aromatic N) is 3. The Morgan fingerprint density at radius 2 is 1.20 bits per heavy atom. The summed E-state index contributed by atoms with van der Waals surface area (Å²) in [7, 11) is -4.15. The summed E-state index contributed by atoms with van der Waals surface area (Å²) in [6, 6.07) is 30.7. The lowest BCUT2D eigenvalue weighted by Crippen LogP contribution is -2.48. The number of anilines is 1. The highest BCUT2D eigenvalue weighted by Crippen LogP contribution is 2.37. The van der Waals surface area contributed by atoms with E-state index < -0.39 is 21.5 Å². The molecule has 1 aliphatic heterocycles. The Labute approximate surface area is 237 Å². The van der Waals surface area contributed by atoms with Crippen molar-refractivity contribution in [1.29, 1.82) is 0 Å². The van der Waals surface area contributed by atoms with Gasteiger partial charge in [-0.3, -0.25) is 4.90 Å². The Balaban J connectivity index is 1.34. The van der Waals surface area contributed by atoms with Crippen LogP contribution in [0.1, 0.15) is 17.2 Å². The van der Waals surface area contributed by atoms with Crippen LogP contribution >= 0.6 is 0 Å². The van der Waals surface area contributed by atoms with E-state index in [2.05, 4.69) is 34.1 Å². The molecule has 0 spiro atoms. The second-order valence-corrected chi connectivity index (χ2v) is 11.7. The lowest BCUT2D eigenvalue weighted by molar-refractivity contribution is 0.209. The summed E-state index contributed by atoms with van der Waals surface area (Å²) in [5.74, 6) is -0.792. The molecule has 0 bridgehead atoms. The molecule has 6 nitrogen and oxygen atoms in total. The Morgan fingerprint density at radius 1 is 0.683 bits per heavy atom. The van der Waals surface area contributed by atoms with Gasteiger partial charge in [-0.1, -0.05) is 60.7 Å². The molecule has 0 radical (unpaired) electrons. The third-order valence-electron chi connectivity index (χ3n) is 7.25. The zero-order chi connectivity index (χ0) is 28.4. The van der Waals surface area contributed by atoms with Gasteiger partial charge in [0.05, 0.1) is 10.9 Å². The van der Waals surface area contributed by atoms with E-state index in [1.807, 2.05) is 41.3 Å². The van der Waals surface area contributed by atoms with Gasteiger partial charge in [0.2, 0.25) is 26.6 Å². The summed E-state index contributed by atoms with van der Waals surface area (Å²) >= 11 is 0. The molecule has 4 aromatic carbocycles. The SMILES string of the molecule is O=S(=O)(c1ccc(F)cc1)c1nc(-c2ccc(F)cc2)oc1N1CCN(C(c2ccccc2)c2ccccc2)CC1. The van der Waals surface area contributed by atoms with Gasteiger partial charge in [-0.05, 0) is 59.7 Å². The minimum absolute atomic E-state index is 0.0338. The van der Waals surface area contributed by atoms with Crippen LogP contribution in [0.4, 0.5) is 14.7 Å². The zero-order valence-corrected chi connectivity index (χ0v) is 22.8. The van der Waals surface area contributed by atoms with Gasteiger partial charge in [0.1, 0.15) is 11.6 Å². The van der Waals surface area contributed by atoms with Crippen LogP contribution in [0.25, 0.3) is 11.5 Å². The van der Waals surface area contributed by atoms with E-state index in [4.69, 9.17) is 4.42 Å². The Kier molecular flexibility index (Phi) is 7.38. The number of piperazine rings is 1. The van der Waals surface area contributed by atoms with Crippen LogP contribution in [0.5, 0.6) is 0 Å². The van der Waals surface area contributed by atoms with Crippen molar-refractivity contribution in [2.45, 2.75) is 16.0 Å². The lowest BCUT2D eigenvalue weighted by atomic mass is 9.96. The number of benzene rings is 4. The molecule has 1 aromatic heterocycles. The molecule has 0 saturated carbocycles. The highest BCUT2D eigenvalue weighted by atomic mass is 32.2. The molecule has 0 amide bonds. The van der Waals surface area contributed by atoms with Gasteiger partial charge < -0.3 is 9.32 Å². The van der Waals surface area contributed by atoms with Gasteiger partial charge >= 0.3 is 0 Å². The average Bonchev–Trinajstić information content (AvgIpc) is 3.46. The first-order valence-corrected chi connectivity index (χ1v) is 14.7. The van der Waals surface area contributed by atoms with E-state index in [0.717, 1.165) is 12.1 Å². The fourth-order valence-electron chi connectivity index (χ4n) is 5.18. The largest absolute Gasteiger partial charge is 0.419 e. The number of sulfone groups is 1. The fourth-order valence-corrected chi connectivity index (χ4v) is 6.50. The van der Waals surface area contributed by atoms with Crippen molar-refractivity contribution in [3.63, 3.8) is 0 Å². The Bertz CT molecular complexity index is 1680. The van der Waals surface area contributed by atoms with E-state index in [0.29, 0.717) is 31.7 Å². The summed E-state index contributed by atoms with van der Waals surface area (Å²) in [6.07, 6.45) is 0. The molecular formula is C32H27F2N3O3S. The maximum absolute atomic E-state index is 13.7. The average molecular weight is 572 g/mol. The molecule has 1 saturated heterocycles. The van der Waals surface area contributed by atoms with Crippen LogP contribution in [0.3, 0.4) is 0 Å². The Hall–Kier alpha value is -4.34. The van der Waals surface area contributed by atoms with Crippen molar-refractivity contribution >= 4 is 15.7 Å². The second kappa shape index (κ2) is 11.3. The van der Waals surface area contributed by atoms with Crippen LogP contribution in [-0.2, 0) is 9.84 Å². The fraction of sp³-hybridized carbons (Fsp3) is 0.156. The first-order valence-electron chi connectivity index (χ1n) is 13.3. The summed E-state index contributed by atoms with van der Waals surface area (Å²) in [4.78, 5) is 8.53. The van der Waals surface area contributed by atoms with Gasteiger partial charge in [0.25, 0.3) is 0 Å². The summed E-state index contributed by atoms with van der Waals surface area (Å²) in [6.45, 7) is 2.24. The number of oxazole rings is 1. The van der Waals surface area contributed by atoms with Crippen molar-refractivity contribution in [3.05, 3.63) is 132 Å². The maximum Gasteiger partial charge on any atom is 0.236 e. The summed E-state index contributed by atoms with van der Waals surface area (Å²) in [5.41, 5.74) is 2.79. The predicted molar refractivity (Wildman–Crippen MR) is 152 cm³/mol. The number of hydrogen-bond donors (Lipinski definition) is 0. The number of rotatable bonds is 7. The Morgan fingerprint density at radius 3 is 1.73 bits per heavy atom. The van der Waals surface area contributed by atoms with Crippen molar-refractivity contribution in [2.24, 2.45) is 0 Å². The first kappa shape index (κ1) is 26.9. The third kappa shape index (κ3) is 5.51. The number of hydrogen-bond acceptors (Lipinski definition) is 6. The van der Waals surface area contributed by atoms with Crippen LogP contribution < -0.4 is 4.90 Å². The third-order valence-corrected chi connectivity index (χ3v) is 8.91. The van der Waals surface area contributed by atoms with E-state index >= 15 is 0 Å². The minimum Gasteiger partial charge on any atom is -0.419 e. The van der Waals surface area contributed by atoms with Crippen molar-refractivity contribution in [1.82, 2.24) is 9.88 Å². The monoisotopic (exact) mass is 571 g/mol. The van der Waals surface area contributed by atoms with Gasteiger partial charge in [0.15, 0.2) is 0 Å². The van der Waals surface area contributed by atoms with E-state index in [1.165, 1.54) is 47.5 Å². The molecule has 6 rings (SSSR count). The van der Waals surface area contributed by atoms with Crippen molar-refractivity contribution in [2.75, 3.05) is 31.1 Å². The summed E-state index contributed by atoms with van der Waals surface area (Å²) in [5, 5.41) is -0.250. The van der Waals surface area contributed by atoms with Gasteiger partial charge in [0, 0.05) is 31.7 Å². The highest BCUT2D eigenvalue weighted by Gasteiger charge is 2.34. The van der Waals surface area contributed by atoms with Gasteiger partial charge in [-0.25, -0.2) is 17.2 Å². The molecule has 9 heteroatoms. The molecule has 208 valence electrons. The van der Waals surface area contributed by atoms with E-state index in [9.17, 15) is 17.2 Å². The predicted octanol–water partition coefficient (Wildman–Crippen LogP) is 6.36. The number of halogens is 2. The van der Waals surface area contributed by atoms with Crippen molar-refractivity contribution in [3.8, 4) is 11.5 Å². The minimum atomic E-state index is -4.15. The van der Waals surface area contributed by atoms with Crippen LogP contribution in [-0.4, -0.2) is 44.5 Å². The second-order valence-electron chi connectivity index (χ2n) is 9.84. The maximum atomic E-state index is 13.7. The zero-order valence-electron chi connectivity index (χ0n) is 22.0. The highest BCUT2D eigenvalue weighted by molar-refractivity contribution is 7.91. The van der Waals surface area contributed by atoms with Crippen LogP contribution in [0.15, 0.2) is 124 Å². The van der Waals surface area contributed by atoms with Crippen molar-refractivity contribution < 1.29 is 21.6 Å². The first-order chi connectivity index (χ1) is 19.9. The van der Waals surface area contributed by atoms with Gasteiger partial charge in [-0.15, -0.1) is 0 Å². The van der Waals surface area contributed by atoms with E-state index in [1.54, 1.807) is 0 Å². The molecule has 2 heterocycles. The molecule has 0 atom stereocenters. The standard InChI is InChI=1S/C32H27F2N3O3S/c33-26-13-11-25(12-14-26)30-35-31(41(38,39)28-17-15-27(34)16-18-28)32(40-30)37-21-19-36(20-22-37)29(23-7-3-1-4-8-23)24-9-5-2-6-10-24/h1-18,29H,19-22H2. The molecule has 0 unspecified atom stereocenters. The summed E-state index contributed by atoms with van der Waals surface area (Å²) < 4.78 is 60.7. The normalized spacial score (nSPS) is 14.5. The molecule has 5 aromatic rings. The molecular weight excluding hydrogens is 544 g/mol. The van der Waals surface area contributed by atoms with Crippen LogP contribution in [0.2, 0.25) is 0 Å².